The van der Waals surface area contributed by atoms with E-state index in [4.69, 9.17) is 4.74 Å². The highest BCUT2D eigenvalue weighted by atomic mass is 16.6. The van der Waals surface area contributed by atoms with Crippen molar-refractivity contribution in [2.45, 2.75) is 32.9 Å². The van der Waals surface area contributed by atoms with E-state index in [0.29, 0.717) is 17.9 Å². The number of ether oxygens (including phenoxy) is 1. The van der Waals surface area contributed by atoms with E-state index < -0.39 is 22.9 Å². The van der Waals surface area contributed by atoms with Gasteiger partial charge < -0.3 is 15.4 Å². The molecule has 8 heteroatoms. The number of nitrogens with one attached hydrogen (secondary N) is 2. The maximum Gasteiger partial charge on any atom is 0.341 e. The van der Waals surface area contributed by atoms with E-state index >= 15 is 0 Å². The lowest BCUT2D eigenvalue weighted by Gasteiger charge is -2.16. The number of rotatable bonds is 9. The molecular formula is C25H25N3O5. The minimum absolute atomic E-state index is 0.0212. The van der Waals surface area contributed by atoms with Gasteiger partial charge >= 0.3 is 5.97 Å². The summed E-state index contributed by atoms with van der Waals surface area (Å²) in [5.41, 5.74) is 2.79. The maximum atomic E-state index is 12.8. The molecule has 0 aliphatic rings. The van der Waals surface area contributed by atoms with E-state index in [2.05, 4.69) is 10.6 Å². The molecule has 1 atom stereocenters. The molecule has 0 saturated carbocycles. The number of amides is 1. The van der Waals surface area contributed by atoms with Crippen LogP contribution in [0.5, 0.6) is 0 Å². The zero-order valence-corrected chi connectivity index (χ0v) is 18.4. The Bertz CT molecular complexity index is 1130. The van der Waals surface area contributed by atoms with Crippen LogP contribution in [0.25, 0.3) is 0 Å². The molecular weight excluding hydrogens is 422 g/mol. The molecule has 0 heterocycles. The van der Waals surface area contributed by atoms with Crippen molar-refractivity contribution in [3.8, 4) is 0 Å². The number of carbonyl (C=O) groups is 2. The van der Waals surface area contributed by atoms with Crippen molar-refractivity contribution >= 4 is 28.9 Å². The quantitative estimate of drug-likeness (QED) is 0.273. The van der Waals surface area contributed by atoms with Gasteiger partial charge in [-0.25, -0.2) is 4.79 Å². The second kappa shape index (κ2) is 10.9. The summed E-state index contributed by atoms with van der Waals surface area (Å²) in [6.07, 6.45) is -0.226. The molecule has 0 fully saturated rings. The standard InChI is InChI=1S/C25H25N3O5/c1-3-18-9-11-20(12-10-18)27-24(29)17(2)33-25(30)22-15-21(28(31)32)13-14-23(22)26-16-19-7-5-4-6-8-19/h4-15,17,26H,3,16H2,1-2H3,(H,27,29). The van der Waals surface area contributed by atoms with E-state index in [-0.39, 0.29) is 11.3 Å². The average Bonchev–Trinajstić information content (AvgIpc) is 2.83. The number of anilines is 2. The Morgan fingerprint density at radius 3 is 2.33 bits per heavy atom. The number of carbonyl (C=O) groups excluding carboxylic acids is 2. The van der Waals surface area contributed by atoms with Gasteiger partial charge in [0.25, 0.3) is 11.6 Å². The molecule has 0 radical (unpaired) electrons. The first-order valence-electron chi connectivity index (χ1n) is 10.5. The van der Waals surface area contributed by atoms with Crippen LogP contribution in [0.15, 0.2) is 72.8 Å². The monoisotopic (exact) mass is 447 g/mol. The van der Waals surface area contributed by atoms with Crippen LogP contribution in [-0.2, 0) is 22.5 Å². The van der Waals surface area contributed by atoms with Gasteiger partial charge in [-0.15, -0.1) is 0 Å². The first-order chi connectivity index (χ1) is 15.9. The number of hydrogen-bond acceptors (Lipinski definition) is 6. The summed E-state index contributed by atoms with van der Waals surface area (Å²) in [4.78, 5) is 36.0. The Hall–Kier alpha value is -4.20. The Balaban J connectivity index is 1.72. The summed E-state index contributed by atoms with van der Waals surface area (Å²) in [6, 6.07) is 20.8. The fourth-order valence-corrected chi connectivity index (χ4v) is 3.11. The van der Waals surface area contributed by atoms with Crippen molar-refractivity contribution in [3.05, 3.63) is 99.6 Å². The van der Waals surface area contributed by atoms with Crippen LogP contribution in [0.3, 0.4) is 0 Å². The van der Waals surface area contributed by atoms with Gasteiger partial charge in [-0.05, 0) is 42.7 Å². The molecule has 1 amide bonds. The zero-order valence-electron chi connectivity index (χ0n) is 18.4. The summed E-state index contributed by atoms with van der Waals surface area (Å²) in [5.74, 6) is -1.34. The predicted molar refractivity (Wildman–Crippen MR) is 126 cm³/mol. The van der Waals surface area contributed by atoms with E-state index in [0.717, 1.165) is 23.6 Å². The molecule has 3 aromatic rings. The first-order valence-corrected chi connectivity index (χ1v) is 10.5. The van der Waals surface area contributed by atoms with E-state index in [1.54, 1.807) is 12.1 Å². The van der Waals surface area contributed by atoms with Crippen LogP contribution in [0.1, 0.15) is 35.3 Å². The number of hydrogen-bond donors (Lipinski definition) is 2. The zero-order chi connectivity index (χ0) is 23.8. The fraction of sp³-hybridized carbons (Fsp3) is 0.200. The molecule has 33 heavy (non-hydrogen) atoms. The number of aryl methyl sites for hydroxylation is 1. The molecule has 0 aliphatic heterocycles. The molecule has 0 aromatic heterocycles. The Labute approximate surface area is 191 Å². The van der Waals surface area contributed by atoms with Gasteiger partial charge in [0.2, 0.25) is 0 Å². The van der Waals surface area contributed by atoms with Crippen LogP contribution in [0.4, 0.5) is 17.1 Å². The molecule has 0 aliphatic carbocycles. The topological polar surface area (TPSA) is 111 Å². The van der Waals surface area contributed by atoms with Gasteiger partial charge in [0.05, 0.1) is 10.5 Å². The van der Waals surface area contributed by atoms with Crippen molar-refractivity contribution in [1.29, 1.82) is 0 Å². The lowest BCUT2D eigenvalue weighted by Crippen LogP contribution is -2.30. The van der Waals surface area contributed by atoms with Crippen molar-refractivity contribution < 1.29 is 19.2 Å². The molecule has 0 bridgehead atoms. The van der Waals surface area contributed by atoms with Gasteiger partial charge in [-0.3, -0.25) is 14.9 Å². The van der Waals surface area contributed by atoms with E-state index in [9.17, 15) is 19.7 Å². The third kappa shape index (κ3) is 6.39. The third-order valence-corrected chi connectivity index (χ3v) is 5.04. The normalized spacial score (nSPS) is 11.3. The van der Waals surface area contributed by atoms with Gasteiger partial charge in [-0.1, -0.05) is 49.4 Å². The van der Waals surface area contributed by atoms with Crippen molar-refractivity contribution in [1.82, 2.24) is 0 Å². The van der Waals surface area contributed by atoms with E-state index in [1.165, 1.54) is 19.1 Å². The van der Waals surface area contributed by atoms with Gasteiger partial charge in [0, 0.05) is 30.1 Å². The Kier molecular flexibility index (Phi) is 7.75. The smallest absolute Gasteiger partial charge is 0.341 e. The van der Waals surface area contributed by atoms with Gasteiger partial charge in [0.1, 0.15) is 0 Å². The number of nitro groups is 1. The number of benzene rings is 3. The van der Waals surface area contributed by atoms with Crippen LogP contribution in [0, 0.1) is 10.1 Å². The summed E-state index contributed by atoms with van der Waals surface area (Å²) in [5, 5.41) is 17.0. The summed E-state index contributed by atoms with van der Waals surface area (Å²) in [6.45, 7) is 3.89. The van der Waals surface area contributed by atoms with Crippen molar-refractivity contribution in [2.24, 2.45) is 0 Å². The lowest BCUT2D eigenvalue weighted by molar-refractivity contribution is -0.384. The number of nitro benzene ring substituents is 1. The second-order valence-electron chi connectivity index (χ2n) is 7.41. The summed E-state index contributed by atoms with van der Waals surface area (Å²) in [7, 11) is 0. The van der Waals surface area contributed by atoms with Crippen LogP contribution < -0.4 is 10.6 Å². The number of non-ortho nitro benzene ring substituents is 1. The van der Waals surface area contributed by atoms with E-state index in [1.807, 2.05) is 49.4 Å². The second-order valence-corrected chi connectivity index (χ2v) is 7.41. The molecule has 2 N–H and O–H groups in total. The molecule has 170 valence electrons. The molecule has 0 saturated heterocycles. The number of esters is 1. The lowest BCUT2D eigenvalue weighted by atomic mass is 10.1. The third-order valence-electron chi connectivity index (χ3n) is 5.04. The Morgan fingerprint density at radius 2 is 1.70 bits per heavy atom. The molecule has 8 nitrogen and oxygen atoms in total. The van der Waals surface area contributed by atoms with Gasteiger partial charge in [0.15, 0.2) is 6.10 Å². The highest BCUT2D eigenvalue weighted by Gasteiger charge is 2.23. The molecule has 0 spiro atoms. The number of nitrogens with zero attached hydrogens (tertiary/aromatic N) is 1. The van der Waals surface area contributed by atoms with Crippen molar-refractivity contribution in [2.75, 3.05) is 10.6 Å². The minimum Gasteiger partial charge on any atom is -0.449 e. The highest BCUT2D eigenvalue weighted by molar-refractivity contribution is 6.00. The Morgan fingerprint density at radius 1 is 1.00 bits per heavy atom. The first kappa shape index (κ1) is 23.5. The minimum atomic E-state index is -1.11. The molecule has 1 unspecified atom stereocenters. The highest BCUT2D eigenvalue weighted by Crippen LogP contribution is 2.24. The molecule has 3 aromatic carbocycles. The predicted octanol–water partition coefficient (Wildman–Crippen LogP) is 4.95. The maximum absolute atomic E-state index is 12.8. The summed E-state index contributed by atoms with van der Waals surface area (Å²) < 4.78 is 5.33. The fourth-order valence-electron chi connectivity index (χ4n) is 3.11. The van der Waals surface area contributed by atoms with Crippen LogP contribution in [0.2, 0.25) is 0 Å². The summed E-state index contributed by atoms with van der Waals surface area (Å²) >= 11 is 0. The van der Waals surface area contributed by atoms with Gasteiger partial charge in [-0.2, -0.15) is 0 Å². The van der Waals surface area contributed by atoms with Crippen molar-refractivity contribution in [3.63, 3.8) is 0 Å². The SMILES string of the molecule is CCc1ccc(NC(=O)C(C)OC(=O)c2cc([N+](=O)[O-])ccc2NCc2ccccc2)cc1. The molecule has 3 rings (SSSR count). The average molecular weight is 447 g/mol. The van der Waals surface area contributed by atoms with Crippen LogP contribution in [-0.4, -0.2) is 22.9 Å². The largest absolute Gasteiger partial charge is 0.449 e. The van der Waals surface area contributed by atoms with Crippen LogP contribution >= 0.6 is 0 Å².